The molecule has 3 nitrogen and oxygen atoms in total. The van der Waals surface area contributed by atoms with E-state index in [1.165, 1.54) is 6.07 Å². The quantitative estimate of drug-likeness (QED) is 0.855. The fourth-order valence-corrected chi connectivity index (χ4v) is 2.21. The number of halogens is 1. The van der Waals surface area contributed by atoms with Gasteiger partial charge in [0.2, 0.25) is 0 Å². The number of carbonyl (C=O) groups is 1. The molecule has 1 atom stereocenters. The summed E-state index contributed by atoms with van der Waals surface area (Å²) < 4.78 is 18.8. The van der Waals surface area contributed by atoms with Crippen molar-refractivity contribution < 1.29 is 13.9 Å². The highest BCUT2D eigenvalue weighted by Gasteiger charge is 2.19. The van der Waals surface area contributed by atoms with Crippen molar-refractivity contribution in [2.45, 2.75) is 19.9 Å². The van der Waals surface area contributed by atoms with Gasteiger partial charge in [-0.1, -0.05) is 18.2 Å². The van der Waals surface area contributed by atoms with Gasteiger partial charge in [0.05, 0.1) is 13.2 Å². The fourth-order valence-electron chi connectivity index (χ4n) is 2.21. The molecule has 0 saturated carbocycles. The summed E-state index contributed by atoms with van der Waals surface area (Å²) in [5, 5.41) is 0. The second-order valence-electron chi connectivity index (χ2n) is 5.33. The first-order chi connectivity index (χ1) is 10.4. The molecule has 2 aromatic rings. The van der Waals surface area contributed by atoms with E-state index in [-0.39, 0.29) is 17.8 Å². The third-order valence-corrected chi connectivity index (χ3v) is 3.92. The van der Waals surface area contributed by atoms with Crippen molar-refractivity contribution in [1.29, 1.82) is 0 Å². The Hall–Kier alpha value is -2.36. The molecule has 0 N–H and O–H groups in total. The van der Waals surface area contributed by atoms with Crippen molar-refractivity contribution in [1.82, 2.24) is 4.90 Å². The average Bonchev–Trinajstić information content (AvgIpc) is 2.55. The molecule has 0 radical (unpaired) electrons. The van der Waals surface area contributed by atoms with Crippen LogP contribution < -0.4 is 4.74 Å². The molecule has 0 aliphatic rings. The minimum Gasteiger partial charge on any atom is -0.497 e. The van der Waals surface area contributed by atoms with Gasteiger partial charge >= 0.3 is 0 Å². The Morgan fingerprint density at radius 1 is 1.18 bits per heavy atom. The van der Waals surface area contributed by atoms with Crippen LogP contribution in [0.4, 0.5) is 4.39 Å². The van der Waals surface area contributed by atoms with Gasteiger partial charge in [0, 0.05) is 12.6 Å². The lowest BCUT2D eigenvalue weighted by Crippen LogP contribution is -2.29. The summed E-state index contributed by atoms with van der Waals surface area (Å²) in [6, 6.07) is 12.0. The Kier molecular flexibility index (Phi) is 4.81. The van der Waals surface area contributed by atoms with Crippen LogP contribution in [0.2, 0.25) is 0 Å². The highest BCUT2D eigenvalue weighted by Crippen LogP contribution is 2.23. The number of rotatable bonds is 4. The minimum absolute atomic E-state index is 0.122. The Balaban J connectivity index is 2.19. The number of benzene rings is 2. The maximum atomic E-state index is 13.6. The number of ether oxygens (including phenoxy) is 1. The van der Waals surface area contributed by atoms with E-state index in [0.29, 0.717) is 11.1 Å². The van der Waals surface area contributed by atoms with Gasteiger partial charge in [0.25, 0.3) is 5.91 Å². The Bertz CT molecular complexity index is 667. The lowest BCUT2D eigenvalue weighted by atomic mass is 10.1. The second kappa shape index (κ2) is 6.60. The largest absolute Gasteiger partial charge is 0.497 e. The summed E-state index contributed by atoms with van der Waals surface area (Å²) in [5.74, 6) is 0.198. The van der Waals surface area contributed by atoms with Crippen molar-refractivity contribution in [3.05, 3.63) is 65.0 Å². The number of methoxy groups -OCH3 is 1. The molecule has 1 amide bonds. The molecule has 0 spiro atoms. The third-order valence-electron chi connectivity index (χ3n) is 3.92. The van der Waals surface area contributed by atoms with Crippen LogP contribution in [0, 0.1) is 12.7 Å². The molecular formula is C18H20FNO2. The topological polar surface area (TPSA) is 29.5 Å². The molecule has 0 bridgehead atoms. The summed E-state index contributed by atoms with van der Waals surface area (Å²) in [6.07, 6.45) is 0. The minimum atomic E-state index is -0.364. The van der Waals surface area contributed by atoms with Crippen LogP contribution in [0.3, 0.4) is 0 Å². The van der Waals surface area contributed by atoms with Gasteiger partial charge in [0.15, 0.2) is 0 Å². The summed E-state index contributed by atoms with van der Waals surface area (Å²) in [5.41, 5.74) is 1.87. The van der Waals surface area contributed by atoms with Crippen molar-refractivity contribution in [3.8, 4) is 5.75 Å². The zero-order chi connectivity index (χ0) is 16.3. The van der Waals surface area contributed by atoms with Crippen molar-refractivity contribution in [3.63, 3.8) is 0 Å². The number of aryl methyl sites for hydroxylation is 1. The Morgan fingerprint density at radius 2 is 1.82 bits per heavy atom. The molecule has 0 fully saturated rings. The number of carbonyl (C=O) groups excluding carboxylic acids is 1. The van der Waals surface area contributed by atoms with Gasteiger partial charge in [-0.25, -0.2) is 4.39 Å². The van der Waals surface area contributed by atoms with Crippen LogP contribution in [0.5, 0.6) is 5.75 Å². The van der Waals surface area contributed by atoms with E-state index in [4.69, 9.17) is 4.74 Å². The SMILES string of the molecule is COc1ccc(C(C)N(C)C(=O)c2ccc(C)c(F)c2)cc1. The number of amides is 1. The smallest absolute Gasteiger partial charge is 0.254 e. The zero-order valence-corrected chi connectivity index (χ0v) is 13.3. The number of hydrogen-bond donors (Lipinski definition) is 0. The van der Waals surface area contributed by atoms with Crippen LogP contribution in [-0.4, -0.2) is 25.0 Å². The molecule has 0 saturated heterocycles. The lowest BCUT2D eigenvalue weighted by molar-refractivity contribution is 0.0742. The van der Waals surface area contributed by atoms with Gasteiger partial charge in [-0.05, 0) is 49.2 Å². The van der Waals surface area contributed by atoms with E-state index in [1.807, 2.05) is 31.2 Å². The van der Waals surface area contributed by atoms with Crippen LogP contribution in [0.15, 0.2) is 42.5 Å². The van der Waals surface area contributed by atoms with Crippen LogP contribution in [-0.2, 0) is 0 Å². The second-order valence-corrected chi connectivity index (χ2v) is 5.33. The van der Waals surface area contributed by atoms with Gasteiger partial charge < -0.3 is 9.64 Å². The molecule has 2 aromatic carbocycles. The van der Waals surface area contributed by atoms with Gasteiger partial charge in [-0.15, -0.1) is 0 Å². The first-order valence-electron chi connectivity index (χ1n) is 7.11. The maximum absolute atomic E-state index is 13.6. The van der Waals surface area contributed by atoms with Gasteiger partial charge in [-0.2, -0.15) is 0 Å². The van der Waals surface area contributed by atoms with Crippen molar-refractivity contribution in [2.24, 2.45) is 0 Å². The molecular weight excluding hydrogens is 281 g/mol. The fraction of sp³-hybridized carbons (Fsp3) is 0.278. The zero-order valence-electron chi connectivity index (χ0n) is 13.3. The number of nitrogens with zero attached hydrogens (tertiary/aromatic N) is 1. The van der Waals surface area contributed by atoms with E-state index in [2.05, 4.69) is 0 Å². The predicted octanol–water partition coefficient (Wildman–Crippen LogP) is 3.98. The first kappa shape index (κ1) is 16.0. The van der Waals surface area contributed by atoms with Crippen molar-refractivity contribution >= 4 is 5.91 Å². The standard InChI is InChI=1S/C18H20FNO2/c1-12-5-6-15(11-17(12)19)18(21)20(3)13(2)14-7-9-16(22-4)10-8-14/h5-11,13H,1-4H3. The van der Waals surface area contributed by atoms with Crippen LogP contribution in [0.25, 0.3) is 0 Å². The molecule has 0 aliphatic carbocycles. The van der Waals surface area contributed by atoms with E-state index in [1.54, 1.807) is 38.1 Å². The van der Waals surface area contributed by atoms with E-state index < -0.39 is 0 Å². The highest BCUT2D eigenvalue weighted by atomic mass is 19.1. The molecule has 0 aliphatic heterocycles. The molecule has 0 heterocycles. The lowest BCUT2D eigenvalue weighted by Gasteiger charge is -2.25. The Morgan fingerprint density at radius 3 is 2.36 bits per heavy atom. The van der Waals surface area contributed by atoms with Crippen LogP contribution >= 0.6 is 0 Å². The molecule has 0 aromatic heterocycles. The normalized spacial score (nSPS) is 11.9. The van der Waals surface area contributed by atoms with E-state index >= 15 is 0 Å². The summed E-state index contributed by atoms with van der Waals surface area (Å²) in [4.78, 5) is 14.1. The van der Waals surface area contributed by atoms with Gasteiger partial charge in [-0.3, -0.25) is 4.79 Å². The molecule has 1 unspecified atom stereocenters. The predicted molar refractivity (Wildman–Crippen MR) is 84.6 cm³/mol. The first-order valence-corrected chi connectivity index (χ1v) is 7.11. The van der Waals surface area contributed by atoms with Crippen molar-refractivity contribution in [2.75, 3.05) is 14.2 Å². The van der Waals surface area contributed by atoms with E-state index in [9.17, 15) is 9.18 Å². The summed E-state index contributed by atoms with van der Waals surface area (Å²) in [6.45, 7) is 3.61. The van der Waals surface area contributed by atoms with Crippen LogP contribution in [0.1, 0.15) is 34.5 Å². The molecule has 22 heavy (non-hydrogen) atoms. The highest BCUT2D eigenvalue weighted by molar-refractivity contribution is 5.94. The Labute approximate surface area is 130 Å². The summed E-state index contributed by atoms with van der Waals surface area (Å²) in [7, 11) is 3.33. The maximum Gasteiger partial charge on any atom is 0.254 e. The van der Waals surface area contributed by atoms with E-state index in [0.717, 1.165) is 11.3 Å². The van der Waals surface area contributed by atoms with Gasteiger partial charge in [0.1, 0.15) is 11.6 Å². The monoisotopic (exact) mass is 301 g/mol. The average molecular weight is 301 g/mol. The summed E-state index contributed by atoms with van der Waals surface area (Å²) >= 11 is 0. The third kappa shape index (κ3) is 3.27. The molecule has 2 rings (SSSR count). The molecule has 116 valence electrons. The number of hydrogen-bond acceptors (Lipinski definition) is 2. The molecule has 4 heteroatoms.